The molecule has 1 aliphatic heterocycles. The number of carbonyl (C=O) groups excluding carboxylic acids is 1. The summed E-state index contributed by atoms with van der Waals surface area (Å²) < 4.78 is 0. The van der Waals surface area contributed by atoms with Crippen LogP contribution in [0, 0.1) is 0 Å². The largest absolute Gasteiger partial charge is 0.478 e. The van der Waals surface area contributed by atoms with Gasteiger partial charge < -0.3 is 15.7 Å². The molecule has 1 unspecified atom stereocenters. The monoisotopic (exact) mass is 212 g/mol. The Bertz CT molecular complexity index is 286. The summed E-state index contributed by atoms with van der Waals surface area (Å²) in [6.07, 6.45) is 2.63. The zero-order chi connectivity index (χ0) is 11.3. The van der Waals surface area contributed by atoms with Crippen LogP contribution in [0.2, 0.25) is 0 Å². The van der Waals surface area contributed by atoms with Crippen LogP contribution in [0.25, 0.3) is 0 Å². The molecule has 1 atom stereocenters. The van der Waals surface area contributed by atoms with Crippen LogP contribution in [-0.4, -0.2) is 36.1 Å². The van der Waals surface area contributed by atoms with Crippen molar-refractivity contribution in [1.82, 2.24) is 10.6 Å². The molecule has 5 nitrogen and oxygen atoms in total. The summed E-state index contributed by atoms with van der Waals surface area (Å²) >= 11 is 0. The number of aliphatic carboxylic acids is 1. The average molecular weight is 212 g/mol. The number of hydrogen-bond donors (Lipinski definition) is 3. The summed E-state index contributed by atoms with van der Waals surface area (Å²) in [6, 6.07) is 0.190. The highest BCUT2D eigenvalue weighted by Gasteiger charge is 2.19. The molecule has 0 bridgehead atoms. The van der Waals surface area contributed by atoms with Crippen molar-refractivity contribution in [2.45, 2.75) is 25.8 Å². The molecule has 3 N–H and O–H groups in total. The van der Waals surface area contributed by atoms with E-state index >= 15 is 0 Å². The van der Waals surface area contributed by atoms with E-state index in [0.29, 0.717) is 19.5 Å². The van der Waals surface area contributed by atoms with Crippen LogP contribution in [0.1, 0.15) is 19.8 Å². The highest BCUT2D eigenvalue weighted by molar-refractivity contribution is 5.80. The number of hydrogen-bond acceptors (Lipinski definition) is 3. The average Bonchev–Trinajstić information content (AvgIpc) is 2.50. The predicted octanol–water partition coefficient (Wildman–Crippen LogP) is -0.114. The fourth-order valence-electron chi connectivity index (χ4n) is 1.54. The van der Waals surface area contributed by atoms with Gasteiger partial charge in [0.25, 0.3) is 0 Å². The van der Waals surface area contributed by atoms with Gasteiger partial charge in [0.1, 0.15) is 0 Å². The van der Waals surface area contributed by atoms with E-state index in [1.807, 2.05) is 0 Å². The third-order valence-electron chi connectivity index (χ3n) is 2.25. The molecule has 0 radical (unpaired) electrons. The first kappa shape index (κ1) is 11.7. The maximum absolute atomic E-state index is 10.9. The molecule has 0 aromatic carbocycles. The summed E-state index contributed by atoms with van der Waals surface area (Å²) in [6.45, 7) is 2.99. The maximum Gasteiger partial charge on any atom is 0.328 e. The number of carboxylic acids is 1. The number of carboxylic acid groups (broad SMARTS) is 1. The van der Waals surface area contributed by atoms with Gasteiger partial charge >= 0.3 is 5.97 Å². The van der Waals surface area contributed by atoms with Gasteiger partial charge in [-0.2, -0.15) is 0 Å². The van der Waals surface area contributed by atoms with Crippen molar-refractivity contribution in [2.75, 3.05) is 13.1 Å². The molecular weight excluding hydrogens is 196 g/mol. The van der Waals surface area contributed by atoms with E-state index in [-0.39, 0.29) is 11.9 Å². The van der Waals surface area contributed by atoms with Crippen LogP contribution in [-0.2, 0) is 9.59 Å². The SMILES string of the molecule is CC(=CC(=O)O)CNCC1CCC(=O)N1. The Morgan fingerprint density at radius 1 is 1.73 bits per heavy atom. The molecule has 1 heterocycles. The lowest BCUT2D eigenvalue weighted by Crippen LogP contribution is -2.36. The molecule has 0 spiro atoms. The van der Waals surface area contributed by atoms with Crippen LogP contribution in [0.15, 0.2) is 11.6 Å². The Morgan fingerprint density at radius 2 is 2.47 bits per heavy atom. The molecule has 1 aliphatic rings. The first-order valence-corrected chi connectivity index (χ1v) is 4.98. The van der Waals surface area contributed by atoms with Crippen molar-refractivity contribution in [2.24, 2.45) is 0 Å². The standard InChI is InChI=1S/C10H16N2O3/c1-7(4-10(14)15)5-11-6-8-2-3-9(13)12-8/h4,8,11H,2-3,5-6H2,1H3,(H,12,13)(H,14,15). The summed E-state index contributed by atoms with van der Waals surface area (Å²) in [7, 11) is 0. The van der Waals surface area contributed by atoms with E-state index in [1.165, 1.54) is 6.08 Å². The van der Waals surface area contributed by atoms with Crippen molar-refractivity contribution >= 4 is 11.9 Å². The molecule has 0 aromatic rings. The van der Waals surface area contributed by atoms with Crippen LogP contribution < -0.4 is 10.6 Å². The highest BCUT2D eigenvalue weighted by Crippen LogP contribution is 2.04. The molecule has 0 aliphatic carbocycles. The van der Waals surface area contributed by atoms with Crippen LogP contribution in [0.3, 0.4) is 0 Å². The van der Waals surface area contributed by atoms with Crippen LogP contribution >= 0.6 is 0 Å². The summed E-state index contributed by atoms with van der Waals surface area (Å²) in [5.74, 6) is -0.830. The molecular formula is C10H16N2O3. The molecule has 1 fully saturated rings. The zero-order valence-electron chi connectivity index (χ0n) is 8.75. The van der Waals surface area contributed by atoms with Gasteiger partial charge in [0, 0.05) is 31.6 Å². The zero-order valence-corrected chi connectivity index (χ0v) is 8.75. The Hall–Kier alpha value is -1.36. The molecule has 0 aromatic heterocycles. The second-order valence-electron chi connectivity index (χ2n) is 3.76. The molecule has 5 heteroatoms. The molecule has 1 rings (SSSR count). The second kappa shape index (κ2) is 5.50. The van der Waals surface area contributed by atoms with Gasteiger partial charge in [-0.05, 0) is 13.3 Å². The number of amides is 1. The number of rotatable bonds is 5. The van der Waals surface area contributed by atoms with E-state index in [4.69, 9.17) is 5.11 Å². The quantitative estimate of drug-likeness (QED) is 0.555. The van der Waals surface area contributed by atoms with Crippen LogP contribution in [0.4, 0.5) is 0 Å². The molecule has 0 saturated carbocycles. The fraction of sp³-hybridized carbons (Fsp3) is 0.600. The van der Waals surface area contributed by atoms with E-state index in [9.17, 15) is 9.59 Å². The molecule has 1 amide bonds. The van der Waals surface area contributed by atoms with Gasteiger partial charge in [0.15, 0.2) is 0 Å². The first-order chi connectivity index (χ1) is 7.08. The third kappa shape index (κ3) is 4.60. The lowest BCUT2D eigenvalue weighted by molar-refractivity contribution is -0.131. The Morgan fingerprint density at radius 3 is 3.00 bits per heavy atom. The molecule has 1 saturated heterocycles. The molecule has 84 valence electrons. The highest BCUT2D eigenvalue weighted by atomic mass is 16.4. The van der Waals surface area contributed by atoms with Crippen molar-refractivity contribution in [3.05, 3.63) is 11.6 Å². The number of carbonyl (C=O) groups is 2. The maximum atomic E-state index is 10.9. The Labute approximate surface area is 88.5 Å². The van der Waals surface area contributed by atoms with Gasteiger partial charge in [-0.3, -0.25) is 4.79 Å². The van der Waals surface area contributed by atoms with Gasteiger partial charge in [0.05, 0.1) is 0 Å². The summed E-state index contributed by atoms with van der Waals surface area (Å²) in [4.78, 5) is 21.2. The topological polar surface area (TPSA) is 78.4 Å². The van der Waals surface area contributed by atoms with Crippen molar-refractivity contribution in [3.8, 4) is 0 Å². The fourth-order valence-corrected chi connectivity index (χ4v) is 1.54. The van der Waals surface area contributed by atoms with Crippen molar-refractivity contribution in [3.63, 3.8) is 0 Å². The van der Waals surface area contributed by atoms with Gasteiger partial charge in [-0.1, -0.05) is 5.57 Å². The Kier molecular flexibility index (Phi) is 4.30. The van der Waals surface area contributed by atoms with Gasteiger partial charge in [0.2, 0.25) is 5.91 Å². The van der Waals surface area contributed by atoms with E-state index in [2.05, 4.69) is 10.6 Å². The lowest BCUT2D eigenvalue weighted by Gasteiger charge is -2.10. The number of nitrogens with one attached hydrogen (secondary N) is 2. The lowest BCUT2D eigenvalue weighted by atomic mass is 10.2. The smallest absolute Gasteiger partial charge is 0.328 e. The third-order valence-corrected chi connectivity index (χ3v) is 2.25. The Balaban J connectivity index is 2.16. The predicted molar refractivity (Wildman–Crippen MR) is 55.4 cm³/mol. The van der Waals surface area contributed by atoms with E-state index in [1.54, 1.807) is 6.92 Å². The first-order valence-electron chi connectivity index (χ1n) is 4.98. The minimum atomic E-state index is -0.927. The van der Waals surface area contributed by atoms with Gasteiger partial charge in [-0.25, -0.2) is 4.79 Å². The minimum Gasteiger partial charge on any atom is -0.478 e. The normalized spacial score (nSPS) is 21.5. The second-order valence-corrected chi connectivity index (χ2v) is 3.76. The van der Waals surface area contributed by atoms with Crippen molar-refractivity contribution < 1.29 is 14.7 Å². The van der Waals surface area contributed by atoms with Crippen molar-refractivity contribution in [1.29, 1.82) is 0 Å². The minimum absolute atomic E-state index is 0.0969. The summed E-state index contributed by atoms with van der Waals surface area (Å²) in [5.41, 5.74) is 0.770. The van der Waals surface area contributed by atoms with Crippen LogP contribution in [0.5, 0.6) is 0 Å². The molecule has 15 heavy (non-hydrogen) atoms. The van der Waals surface area contributed by atoms with E-state index in [0.717, 1.165) is 12.0 Å². The van der Waals surface area contributed by atoms with Gasteiger partial charge in [-0.15, -0.1) is 0 Å². The summed E-state index contributed by atoms with van der Waals surface area (Å²) in [5, 5.41) is 14.4. The van der Waals surface area contributed by atoms with E-state index < -0.39 is 5.97 Å².